The molecule has 4 bridgehead atoms. The Morgan fingerprint density at radius 1 is 1.14 bits per heavy atom. The lowest BCUT2D eigenvalue weighted by Crippen LogP contribution is -2.65. The Morgan fingerprint density at radius 2 is 1.97 bits per heavy atom. The van der Waals surface area contributed by atoms with Gasteiger partial charge >= 0.3 is 6.03 Å². The van der Waals surface area contributed by atoms with E-state index in [1.54, 1.807) is 18.6 Å². The number of rotatable bonds is 6. The fraction of sp³-hybridized carbons (Fsp3) is 0.462. The number of fused-ring (bicyclic) bond motifs is 1. The van der Waals surface area contributed by atoms with E-state index in [1.165, 1.54) is 0 Å². The molecule has 0 spiro atoms. The van der Waals surface area contributed by atoms with Gasteiger partial charge in [0.1, 0.15) is 0 Å². The highest BCUT2D eigenvalue weighted by Gasteiger charge is 2.57. The first-order valence-electron chi connectivity index (χ1n) is 12.3. The van der Waals surface area contributed by atoms with Crippen LogP contribution in [0, 0.1) is 11.8 Å². The summed E-state index contributed by atoms with van der Waals surface area (Å²) in [4.78, 5) is 25.9. The zero-order valence-electron chi connectivity index (χ0n) is 19.4. The average Bonchev–Trinajstić information content (AvgIpc) is 2.81. The molecule has 2 aromatic heterocycles. The third kappa shape index (κ3) is 4.41. The number of carbonyl (C=O) groups excluding carboxylic acids is 1. The van der Waals surface area contributed by atoms with Gasteiger partial charge in [-0.25, -0.2) is 14.8 Å². The lowest BCUT2D eigenvalue weighted by molar-refractivity contribution is -0.138. The number of amides is 2. The van der Waals surface area contributed by atoms with Gasteiger partial charge in [-0.3, -0.25) is 10.3 Å². The smallest absolute Gasteiger partial charge is 0.322 e. The maximum atomic E-state index is 12.9. The summed E-state index contributed by atoms with van der Waals surface area (Å²) in [5.41, 5.74) is 1.36. The second-order valence-corrected chi connectivity index (χ2v) is 10.7. The van der Waals surface area contributed by atoms with Gasteiger partial charge in [0.05, 0.1) is 23.8 Å². The van der Waals surface area contributed by atoms with E-state index >= 15 is 0 Å². The monoisotopic (exact) mass is 474 g/mol. The summed E-state index contributed by atoms with van der Waals surface area (Å²) in [6.45, 7) is -0.0843. The number of aliphatic hydroxyl groups is 2. The van der Waals surface area contributed by atoms with Crippen LogP contribution in [0.3, 0.4) is 0 Å². The number of aromatic nitrogens is 3. The Morgan fingerprint density at radius 3 is 2.69 bits per heavy atom. The molecular formula is C26H30N6O3. The minimum Gasteiger partial charge on any atom is -0.394 e. The lowest BCUT2D eigenvalue weighted by Gasteiger charge is -2.60. The Balaban J connectivity index is 1.16. The Hall–Kier alpha value is -3.30. The van der Waals surface area contributed by atoms with E-state index in [-0.39, 0.29) is 30.2 Å². The van der Waals surface area contributed by atoms with Gasteiger partial charge in [0.2, 0.25) is 5.95 Å². The number of benzene rings is 1. The van der Waals surface area contributed by atoms with E-state index in [2.05, 4.69) is 30.9 Å². The molecule has 182 valence electrons. The number of carbonyl (C=O) groups is 1. The first kappa shape index (κ1) is 22.2. The van der Waals surface area contributed by atoms with Crippen LogP contribution >= 0.6 is 0 Å². The van der Waals surface area contributed by atoms with Crippen LogP contribution in [-0.4, -0.2) is 48.9 Å². The topological polar surface area (TPSA) is 132 Å². The van der Waals surface area contributed by atoms with Crippen molar-refractivity contribution in [1.82, 2.24) is 20.3 Å². The van der Waals surface area contributed by atoms with Gasteiger partial charge in [0, 0.05) is 35.2 Å². The van der Waals surface area contributed by atoms with Crippen LogP contribution in [0.5, 0.6) is 0 Å². The lowest BCUT2D eigenvalue weighted by atomic mass is 9.51. The Bertz CT molecular complexity index is 1240. The molecule has 4 aliphatic carbocycles. The van der Waals surface area contributed by atoms with Crippen LogP contribution in [0.2, 0.25) is 0 Å². The van der Waals surface area contributed by atoms with Gasteiger partial charge in [0.15, 0.2) is 0 Å². The third-order valence-electron chi connectivity index (χ3n) is 7.83. The van der Waals surface area contributed by atoms with Crippen LogP contribution in [0.25, 0.3) is 10.9 Å². The van der Waals surface area contributed by atoms with E-state index in [0.717, 1.165) is 48.7 Å². The number of hydrogen-bond acceptors (Lipinski definition) is 7. The molecule has 9 heteroatoms. The normalized spacial score (nSPS) is 29.7. The number of aliphatic hydroxyl groups excluding tert-OH is 1. The zero-order valence-corrected chi connectivity index (χ0v) is 19.4. The molecule has 5 N–H and O–H groups in total. The molecule has 4 fully saturated rings. The first-order valence-corrected chi connectivity index (χ1v) is 12.3. The standard InChI is InChI=1S/C26H30N6O3/c33-14-22(18-2-1-5-27-12-18)29-20-4-3-19-13-28-23(30-21(19)7-20)31-24(34)32-25-8-16-6-17(9-25)11-26(35,10-16)15-25/h1-5,7,12-13,16-17,22,29,33,35H,6,8-11,14-15H2,(H2,28,30,31,32,34). The highest BCUT2D eigenvalue weighted by Crippen LogP contribution is 2.57. The largest absolute Gasteiger partial charge is 0.394 e. The van der Waals surface area contributed by atoms with Gasteiger partial charge in [-0.2, -0.15) is 0 Å². The fourth-order valence-corrected chi connectivity index (χ4v) is 6.93. The molecule has 4 aliphatic rings. The minimum absolute atomic E-state index is 0.0843. The Labute approximate surface area is 203 Å². The van der Waals surface area contributed by atoms with Crippen molar-refractivity contribution in [1.29, 1.82) is 0 Å². The van der Waals surface area contributed by atoms with Gasteiger partial charge in [-0.15, -0.1) is 0 Å². The van der Waals surface area contributed by atoms with Gasteiger partial charge in [-0.05, 0) is 80.2 Å². The molecule has 2 amide bonds. The molecule has 0 saturated heterocycles. The summed E-state index contributed by atoms with van der Waals surface area (Å²) in [5.74, 6) is 1.19. The highest BCUT2D eigenvalue weighted by molar-refractivity contribution is 5.90. The molecule has 0 aliphatic heterocycles. The van der Waals surface area contributed by atoms with Crippen molar-refractivity contribution in [2.75, 3.05) is 17.2 Å². The SMILES string of the molecule is O=C(Nc1ncc2ccc(NC(CO)c3cccnc3)cc2n1)NC12CC3CC(CC(O)(C3)C1)C2. The zero-order chi connectivity index (χ0) is 24.0. The van der Waals surface area contributed by atoms with Crippen LogP contribution in [0.1, 0.15) is 50.1 Å². The molecule has 2 heterocycles. The summed E-state index contributed by atoms with van der Waals surface area (Å²) in [7, 11) is 0. The number of pyridine rings is 1. The number of hydrogen-bond donors (Lipinski definition) is 5. The number of nitrogens with zero attached hydrogens (tertiary/aromatic N) is 3. The second-order valence-electron chi connectivity index (χ2n) is 10.7. The maximum absolute atomic E-state index is 12.9. The molecule has 3 unspecified atom stereocenters. The molecule has 7 rings (SSSR count). The third-order valence-corrected chi connectivity index (χ3v) is 7.83. The quantitative estimate of drug-likeness (QED) is 0.370. The number of nitrogens with one attached hydrogen (secondary N) is 3. The molecule has 3 aromatic rings. The summed E-state index contributed by atoms with van der Waals surface area (Å²) in [6.07, 6.45) is 10.5. The molecule has 35 heavy (non-hydrogen) atoms. The molecule has 3 atom stereocenters. The first-order chi connectivity index (χ1) is 16.9. The van der Waals surface area contributed by atoms with E-state index in [4.69, 9.17) is 0 Å². The van der Waals surface area contributed by atoms with Crippen molar-refractivity contribution in [3.63, 3.8) is 0 Å². The highest BCUT2D eigenvalue weighted by atomic mass is 16.3. The van der Waals surface area contributed by atoms with Gasteiger partial charge < -0.3 is 20.8 Å². The molecular weight excluding hydrogens is 444 g/mol. The minimum atomic E-state index is -0.636. The number of anilines is 2. The van der Waals surface area contributed by atoms with Gasteiger partial charge in [0.25, 0.3) is 0 Å². The molecule has 0 radical (unpaired) electrons. The van der Waals surface area contributed by atoms with Crippen molar-refractivity contribution in [2.45, 2.75) is 55.7 Å². The van der Waals surface area contributed by atoms with Gasteiger partial charge in [-0.1, -0.05) is 6.07 Å². The predicted octanol–water partition coefficient (Wildman–Crippen LogP) is 3.38. The van der Waals surface area contributed by atoms with Crippen LogP contribution in [-0.2, 0) is 0 Å². The number of urea groups is 1. The Kier molecular flexibility index (Phi) is 5.34. The van der Waals surface area contributed by atoms with Crippen molar-refractivity contribution < 1.29 is 15.0 Å². The van der Waals surface area contributed by atoms with E-state index in [0.29, 0.717) is 23.8 Å². The predicted molar refractivity (Wildman–Crippen MR) is 132 cm³/mol. The molecule has 1 aromatic carbocycles. The van der Waals surface area contributed by atoms with E-state index < -0.39 is 5.60 Å². The van der Waals surface area contributed by atoms with E-state index in [9.17, 15) is 15.0 Å². The molecule has 9 nitrogen and oxygen atoms in total. The maximum Gasteiger partial charge on any atom is 0.322 e. The van der Waals surface area contributed by atoms with Crippen molar-refractivity contribution in [3.8, 4) is 0 Å². The summed E-state index contributed by atoms with van der Waals surface area (Å²) < 4.78 is 0. The summed E-state index contributed by atoms with van der Waals surface area (Å²) >= 11 is 0. The van der Waals surface area contributed by atoms with Crippen molar-refractivity contribution in [2.24, 2.45) is 11.8 Å². The summed E-state index contributed by atoms with van der Waals surface area (Å²) in [5, 5.41) is 30.9. The second kappa shape index (κ2) is 8.42. The van der Waals surface area contributed by atoms with Crippen LogP contribution < -0.4 is 16.0 Å². The van der Waals surface area contributed by atoms with E-state index in [1.807, 2.05) is 30.3 Å². The molecule has 4 saturated carbocycles. The fourth-order valence-electron chi connectivity index (χ4n) is 6.93. The van der Waals surface area contributed by atoms with Crippen LogP contribution in [0.15, 0.2) is 48.9 Å². The van der Waals surface area contributed by atoms with Crippen molar-refractivity contribution >= 4 is 28.6 Å². The van der Waals surface area contributed by atoms with Crippen LogP contribution in [0.4, 0.5) is 16.4 Å². The summed E-state index contributed by atoms with van der Waals surface area (Å²) in [6, 6.07) is 8.78. The van der Waals surface area contributed by atoms with Crippen molar-refractivity contribution in [3.05, 3.63) is 54.5 Å². The average molecular weight is 475 g/mol.